The molecule has 6 rings (SSSR count). The minimum absolute atomic E-state index is 0.239. The van der Waals surface area contributed by atoms with Gasteiger partial charge in [-0.15, -0.1) is 11.3 Å². The third-order valence-corrected chi connectivity index (χ3v) is 8.31. The number of nitrogens with zero attached hydrogens (tertiary/aromatic N) is 4. The minimum atomic E-state index is -0.299. The molecule has 0 fully saturated rings. The fourth-order valence-corrected chi connectivity index (χ4v) is 5.55. The molecule has 0 unspecified atom stereocenters. The highest BCUT2D eigenvalue weighted by Crippen LogP contribution is 2.24. The molecule has 2 aromatic carbocycles. The van der Waals surface area contributed by atoms with Crippen molar-refractivity contribution in [1.29, 1.82) is 0 Å². The van der Waals surface area contributed by atoms with E-state index in [-0.39, 0.29) is 23.6 Å². The maximum Gasteiger partial charge on any atom is 0.270 e. The highest BCUT2D eigenvalue weighted by Gasteiger charge is 2.14. The summed E-state index contributed by atoms with van der Waals surface area (Å²) in [5, 5.41) is 27.0. The van der Waals surface area contributed by atoms with Crippen LogP contribution >= 0.6 is 11.3 Å². The number of carbonyl (C=O) groups excluding carboxylic acids is 4. The predicted molar refractivity (Wildman–Crippen MR) is 192 cm³/mol. The van der Waals surface area contributed by atoms with E-state index >= 15 is 0 Å². The molecule has 0 aliphatic heterocycles. The number of amides is 4. The van der Waals surface area contributed by atoms with Gasteiger partial charge in [-0.05, 0) is 37.1 Å². The summed E-state index contributed by atoms with van der Waals surface area (Å²) in [5.41, 5.74) is 7.56. The highest BCUT2D eigenvalue weighted by atomic mass is 32.1. The van der Waals surface area contributed by atoms with Crippen LogP contribution in [0.4, 0.5) is 0 Å². The Kier molecular flexibility index (Phi) is 11.3. The van der Waals surface area contributed by atoms with E-state index in [0.29, 0.717) is 78.7 Å². The summed E-state index contributed by atoms with van der Waals surface area (Å²) >= 11 is 1.35. The third-order valence-electron chi connectivity index (χ3n) is 7.73. The Morgan fingerprint density at radius 1 is 0.569 bits per heavy atom. The molecule has 51 heavy (non-hydrogen) atoms. The van der Waals surface area contributed by atoms with E-state index in [0.717, 1.165) is 16.7 Å². The van der Waals surface area contributed by atoms with Gasteiger partial charge in [0.1, 0.15) is 17.1 Å². The van der Waals surface area contributed by atoms with Crippen LogP contribution in [0.5, 0.6) is 0 Å². The topological polar surface area (TPSA) is 200 Å². The number of benzene rings is 2. The molecule has 258 valence electrons. The Hall–Kier alpha value is -6.48. The van der Waals surface area contributed by atoms with Gasteiger partial charge in [0.25, 0.3) is 23.6 Å². The quantitative estimate of drug-likeness (QED) is 0.0860. The minimum Gasteiger partial charge on any atom is -0.352 e. The molecule has 0 aliphatic rings. The fraction of sp³-hybridized carbons (Fsp3) is 0.167. The van der Waals surface area contributed by atoms with Crippen LogP contribution in [0, 0.1) is 0 Å². The van der Waals surface area contributed by atoms with Gasteiger partial charge in [-0.1, -0.05) is 54.6 Å². The van der Waals surface area contributed by atoms with Gasteiger partial charge in [-0.25, -0.2) is 4.98 Å². The zero-order valence-corrected chi connectivity index (χ0v) is 28.1. The molecule has 6 N–H and O–H groups in total. The lowest BCUT2D eigenvalue weighted by molar-refractivity contribution is 0.0931. The van der Waals surface area contributed by atoms with Crippen molar-refractivity contribution in [3.63, 3.8) is 0 Å². The van der Waals surface area contributed by atoms with Gasteiger partial charge in [-0.3, -0.25) is 34.4 Å². The van der Waals surface area contributed by atoms with Gasteiger partial charge >= 0.3 is 0 Å². The summed E-state index contributed by atoms with van der Waals surface area (Å²) in [4.78, 5) is 58.3. The first-order chi connectivity index (χ1) is 24.9. The van der Waals surface area contributed by atoms with Gasteiger partial charge in [0.2, 0.25) is 0 Å². The summed E-state index contributed by atoms with van der Waals surface area (Å²) in [6, 6.07) is 23.8. The van der Waals surface area contributed by atoms with Crippen molar-refractivity contribution >= 4 is 35.0 Å². The summed E-state index contributed by atoms with van der Waals surface area (Å²) < 4.78 is 0. The number of hydrogen-bond donors (Lipinski definition) is 6. The molecule has 0 saturated carbocycles. The summed E-state index contributed by atoms with van der Waals surface area (Å²) in [6.07, 6.45) is 2.69. The van der Waals surface area contributed by atoms with Gasteiger partial charge in [0.15, 0.2) is 0 Å². The molecule has 4 heterocycles. The lowest BCUT2D eigenvalue weighted by atomic mass is 10.0. The summed E-state index contributed by atoms with van der Waals surface area (Å²) in [7, 11) is 0. The molecule has 0 spiro atoms. The molecule has 0 atom stereocenters. The molecule has 15 heteroatoms. The average molecular weight is 703 g/mol. The molecule has 0 radical (unpaired) electrons. The second kappa shape index (κ2) is 16.8. The van der Waals surface area contributed by atoms with Gasteiger partial charge < -0.3 is 21.3 Å². The lowest BCUT2D eigenvalue weighted by Crippen LogP contribution is -2.30. The van der Waals surface area contributed by atoms with Gasteiger partial charge in [0.05, 0.1) is 22.6 Å². The number of carbonyl (C=O) groups is 4. The number of pyridine rings is 1. The largest absolute Gasteiger partial charge is 0.352 e. The first-order valence-corrected chi connectivity index (χ1v) is 17.1. The maximum atomic E-state index is 12.8. The first-order valence-electron chi connectivity index (χ1n) is 16.2. The van der Waals surface area contributed by atoms with Crippen molar-refractivity contribution in [2.45, 2.75) is 12.8 Å². The standard InChI is InChI=1S/C36H34N10O4S/c47-33(38-13-4-14-39-34(48)30-19-28(43-45-30)23-6-2-1-3-7-23)26-12-17-37-27(18-26)24-8-10-25(11-9-24)29-20-31(46-44-29)35(49)40-15-5-16-41-36(50)32-21-51-22-42-32/h1-3,6-12,17-22H,4-5,13-16H2,(H,38,47)(H,39,48)(H,40,49)(H,41,50)(H,43,45)(H,44,46). The zero-order valence-electron chi connectivity index (χ0n) is 27.3. The maximum absolute atomic E-state index is 12.8. The van der Waals surface area contributed by atoms with Crippen LogP contribution in [0.15, 0.2) is 96.0 Å². The van der Waals surface area contributed by atoms with E-state index < -0.39 is 0 Å². The van der Waals surface area contributed by atoms with Crippen LogP contribution < -0.4 is 21.3 Å². The SMILES string of the molecule is O=C(NCCCNC(=O)c1cc(-c2ccccc2)n[nH]1)c1ccnc(-c2ccc(-c3cc(C(=O)NCCCNC(=O)c4cscn4)[nH]n3)cc2)c1. The Bertz CT molecular complexity index is 2090. The van der Waals surface area contributed by atoms with Crippen molar-refractivity contribution in [3.8, 4) is 33.8 Å². The Morgan fingerprint density at radius 3 is 1.67 bits per heavy atom. The molecule has 6 aromatic rings. The number of rotatable bonds is 15. The average Bonchev–Trinajstić information content (AvgIpc) is 3.98. The fourth-order valence-electron chi connectivity index (χ4n) is 5.01. The van der Waals surface area contributed by atoms with Crippen molar-refractivity contribution in [2.75, 3.05) is 26.2 Å². The Morgan fingerprint density at radius 2 is 1.10 bits per heavy atom. The molecule has 4 aromatic heterocycles. The van der Waals surface area contributed by atoms with E-state index in [9.17, 15) is 19.2 Å². The zero-order chi connectivity index (χ0) is 35.4. The van der Waals surface area contributed by atoms with Crippen molar-refractivity contribution in [2.24, 2.45) is 0 Å². The second-order valence-electron chi connectivity index (χ2n) is 11.3. The molecule has 4 amide bonds. The van der Waals surface area contributed by atoms with Crippen LogP contribution in [0.1, 0.15) is 54.7 Å². The normalized spacial score (nSPS) is 10.7. The number of hydrogen-bond acceptors (Lipinski definition) is 9. The first kappa shape index (κ1) is 34.4. The number of H-pyrrole nitrogens is 2. The molecule has 0 bridgehead atoms. The Labute approximate surface area is 296 Å². The van der Waals surface area contributed by atoms with Gasteiger partial charge in [0, 0.05) is 60.0 Å². The van der Waals surface area contributed by atoms with Crippen LogP contribution in [0.2, 0.25) is 0 Å². The Balaban J connectivity index is 0.927. The number of nitrogens with one attached hydrogen (secondary N) is 6. The van der Waals surface area contributed by atoms with E-state index in [2.05, 4.69) is 51.6 Å². The molecular weight excluding hydrogens is 669 g/mol. The monoisotopic (exact) mass is 702 g/mol. The van der Waals surface area contributed by atoms with Crippen LogP contribution in [0.25, 0.3) is 33.8 Å². The smallest absolute Gasteiger partial charge is 0.270 e. The van der Waals surface area contributed by atoms with E-state index in [4.69, 9.17) is 0 Å². The highest BCUT2D eigenvalue weighted by molar-refractivity contribution is 7.07. The van der Waals surface area contributed by atoms with E-state index in [1.165, 1.54) is 11.3 Å². The third kappa shape index (κ3) is 9.16. The molecular formula is C36H34N10O4S. The predicted octanol–water partition coefficient (Wildman–Crippen LogP) is 4.09. The summed E-state index contributed by atoms with van der Waals surface area (Å²) in [6.45, 7) is 1.54. The molecule has 0 aliphatic carbocycles. The van der Waals surface area contributed by atoms with Crippen LogP contribution in [0.3, 0.4) is 0 Å². The van der Waals surface area contributed by atoms with Crippen molar-refractivity contribution in [1.82, 2.24) is 51.6 Å². The van der Waals surface area contributed by atoms with E-state index in [1.807, 2.05) is 54.6 Å². The van der Waals surface area contributed by atoms with Crippen LogP contribution in [-0.4, -0.2) is 80.2 Å². The number of aromatic amines is 2. The van der Waals surface area contributed by atoms with Crippen LogP contribution in [-0.2, 0) is 0 Å². The van der Waals surface area contributed by atoms with E-state index in [1.54, 1.807) is 41.4 Å². The molecule has 14 nitrogen and oxygen atoms in total. The lowest BCUT2D eigenvalue weighted by Gasteiger charge is -2.08. The summed E-state index contributed by atoms with van der Waals surface area (Å²) in [5.74, 6) is -1.05. The number of thiazole rings is 1. The van der Waals surface area contributed by atoms with Crippen molar-refractivity contribution < 1.29 is 19.2 Å². The van der Waals surface area contributed by atoms with Crippen molar-refractivity contribution in [3.05, 3.63) is 119 Å². The second-order valence-corrected chi connectivity index (χ2v) is 12.0. The van der Waals surface area contributed by atoms with Gasteiger partial charge in [-0.2, -0.15) is 10.2 Å². The number of aromatic nitrogens is 6. The molecule has 0 saturated heterocycles.